The van der Waals surface area contributed by atoms with Crippen LogP contribution in [0.3, 0.4) is 0 Å². The van der Waals surface area contributed by atoms with Crippen LogP contribution in [0.4, 0.5) is 11.4 Å². The Morgan fingerprint density at radius 2 is 1.74 bits per heavy atom. The Morgan fingerprint density at radius 3 is 2.42 bits per heavy atom. The quantitative estimate of drug-likeness (QED) is 0.596. The van der Waals surface area contributed by atoms with Gasteiger partial charge in [0.05, 0.1) is 0 Å². The van der Waals surface area contributed by atoms with E-state index in [1.165, 1.54) is 9.13 Å². The highest BCUT2D eigenvalue weighted by molar-refractivity contribution is 14.1. The average Bonchev–Trinajstić information content (AvgIpc) is 2.42. The molecule has 0 atom stereocenters. The summed E-state index contributed by atoms with van der Waals surface area (Å²) in [6, 6.07) is 16.3. The van der Waals surface area contributed by atoms with E-state index >= 15 is 0 Å². The monoisotopic (exact) mass is 382 g/mol. The van der Waals surface area contributed by atoms with Crippen LogP contribution < -0.4 is 10.6 Å². The molecule has 0 aliphatic carbocycles. The molecule has 0 heterocycles. The molecular formula is C15H15IN2S. The highest BCUT2D eigenvalue weighted by Gasteiger charge is 2.02. The second-order valence-electron chi connectivity index (χ2n) is 4.10. The predicted octanol–water partition coefficient (Wildman–Crippen LogP) is 4.66. The molecule has 2 aromatic carbocycles. The summed E-state index contributed by atoms with van der Waals surface area (Å²) < 4.78 is 1.21. The molecule has 0 aromatic heterocycles. The molecule has 0 aliphatic rings. The first-order valence-corrected chi connectivity index (χ1v) is 7.59. The van der Waals surface area contributed by atoms with Gasteiger partial charge in [-0.1, -0.05) is 25.1 Å². The molecule has 98 valence electrons. The molecule has 2 aromatic rings. The number of halogens is 1. The van der Waals surface area contributed by atoms with E-state index in [9.17, 15) is 0 Å². The first kappa shape index (κ1) is 14.3. The van der Waals surface area contributed by atoms with Gasteiger partial charge in [0.1, 0.15) is 0 Å². The summed E-state index contributed by atoms with van der Waals surface area (Å²) in [5.41, 5.74) is 3.31. The predicted molar refractivity (Wildman–Crippen MR) is 94.8 cm³/mol. The topological polar surface area (TPSA) is 24.1 Å². The van der Waals surface area contributed by atoms with Crippen molar-refractivity contribution < 1.29 is 0 Å². The number of rotatable bonds is 3. The van der Waals surface area contributed by atoms with E-state index in [0.29, 0.717) is 5.11 Å². The van der Waals surface area contributed by atoms with Crippen LogP contribution in [0, 0.1) is 3.57 Å². The van der Waals surface area contributed by atoms with Gasteiger partial charge in [0.2, 0.25) is 0 Å². The maximum atomic E-state index is 5.33. The minimum absolute atomic E-state index is 0.613. The van der Waals surface area contributed by atoms with Crippen LogP contribution in [-0.4, -0.2) is 5.11 Å². The molecule has 0 saturated carbocycles. The molecule has 0 bridgehead atoms. The van der Waals surface area contributed by atoms with Crippen molar-refractivity contribution >= 4 is 51.3 Å². The summed E-state index contributed by atoms with van der Waals surface area (Å²) in [6.45, 7) is 2.14. The molecule has 0 spiro atoms. The van der Waals surface area contributed by atoms with Crippen molar-refractivity contribution in [1.82, 2.24) is 0 Å². The number of nitrogens with one attached hydrogen (secondary N) is 2. The maximum absolute atomic E-state index is 5.33. The van der Waals surface area contributed by atoms with Gasteiger partial charge in [-0.15, -0.1) is 0 Å². The standard InChI is InChI=1S/C15H15IN2S/c1-2-11-5-3-4-6-14(11)18-15(19)17-13-9-7-12(16)8-10-13/h3-10H,2H2,1H3,(H2,17,18,19). The summed E-state index contributed by atoms with van der Waals surface area (Å²) >= 11 is 7.62. The second-order valence-corrected chi connectivity index (χ2v) is 5.75. The van der Waals surface area contributed by atoms with Gasteiger partial charge in [-0.25, -0.2) is 0 Å². The number of benzene rings is 2. The first-order valence-electron chi connectivity index (χ1n) is 6.10. The van der Waals surface area contributed by atoms with Gasteiger partial charge in [-0.3, -0.25) is 0 Å². The molecule has 2 rings (SSSR count). The van der Waals surface area contributed by atoms with Crippen LogP contribution in [0.2, 0.25) is 0 Å². The van der Waals surface area contributed by atoms with Crippen molar-refractivity contribution in [1.29, 1.82) is 0 Å². The molecule has 0 fully saturated rings. The number of para-hydroxylation sites is 1. The third-order valence-corrected chi connectivity index (χ3v) is 3.67. The molecule has 19 heavy (non-hydrogen) atoms. The van der Waals surface area contributed by atoms with E-state index in [4.69, 9.17) is 12.2 Å². The van der Waals surface area contributed by atoms with Crippen molar-refractivity contribution in [2.75, 3.05) is 10.6 Å². The molecule has 0 amide bonds. The third-order valence-electron chi connectivity index (χ3n) is 2.75. The molecule has 4 heteroatoms. The number of aryl methyl sites for hydroxylation is 1. The van der Waals surface area contributed by atoms with E-state index in [1.807, 2.05) is 42.5 Å². The van der Waals surface area contributed by atoms with Gasteiger partial charge in [0, 0.05) is 14.9 Å². The van der Waals surface area contributed by atoms with Crippen molar-refractivity contribution in [3.8, 4) is 0 Å². The fourth-order valence-corrected chi connectivity index (χ4v) is 2.36. The Bertz CT molecular complexity index is 567. The summed E-state index contributed by atoms with van der Waals surface area (Å²) in [5.74, 6) is 0. The van der Waals surface area contributed by atoms with Gasteiger partial charge in [0.25, 0.3) is 0 Å². The lowest BCUT2D eigenvalue weighted by Gasteiger charge is -2.13. The molecular weight excluding hydrogens is 367 g/mol. The van der Waals surface area contributed by atoms with E-state index in [-0.39, 0.29) is 0 Å². The number of hydrogen-bond acceptors (Lipinski definition) is 1. The summed E-state index contributed by atoms with van der Waals surface area (Å²) in [5, 5.41) is 7.04. The van der Waals surface area contributed by atoms with E-state index in [2.05, 4.69) is 46.2 Å². The fourth-order valence-electron chi connectivity index (χ4n) is 1.77. The zero-order valence-electron chi connectivity index (χ0n) is 10.6. The molecule has 2 nitrogen and oxygen atoms in total. The van der Waals surface area contributed by atoms with Gasteiger partial charge in [0.15, 0.2) is 5.11 Å². The molecule has 0 aliphatic heterocycles. The summed E-state index contributed by atoms with van der Waals surface area (Å²) in [4.78, 5) is 0. The van der Waals surface area contributed by atoms with Gasteiger partial charge < -0.3 is 10.6 Å². The number of thiocarbonyl (C=S) groups is 1. The van der Waals surface area contributed by atoms with Crippen LogP contribution in [0.5, 0.6) is 0 Å². The Balaban J connectivity index is 2.03. The molecule has 0 unspecified atom stereocenters. The number of anilines is 2. The maximum Gasteiger partial charge on any atom is 0.175 e. The Kier molecular flexibility index (Phi) is 5.15. The average molecular weight is 382 g/mol. The van der Waals surface area contributed by atoms with E-state index in [1.54, 1.807) is 0 Å². The van der Waals surface area contributed by atoms with Gasteiger partial charge in [-0.2, -0.15) is 0 Å². The van der Waals surface area contributed by atoms with Crippen LogP contribution in [-0.2, 0) is 6.42 Å². The van der Waals surface area contributed by atoms with E-state index in [0.717, 1.165) is 17.8 Å². The van der Waals surface area contributed by atoms with Crippen molar-refractivity contribution in [3.05, 3.63) is 57.7 Å². The highest BCUT2D eigenvalue weighted by atomic mass is 127. The smallest absolute Gasteiger partial charge is 0.175 e. The molecule has 0 radical (unpaired) electrons. The lowest BCUT2D eigenvalue weighted by atomic mass is 10.1. The minimum atomic E-state index is 0.613. The third kappa shape index (κ3) is 4.18. The van der Waals surface area contributed by atoms with Crippen LogP contribution >= 0.6 is 34.8 Å². The van der Waals surface area contributed by atoms with E-state index < -0.39 is 0 Å². The minimum Gasteiger partial charge on any atom is -0.332 e. The lowest BCUT2D eigenvalue weighted by Crippen LogP contribution is -2.19. The Hall–Kier alpha value is -1.14. The van der Waals surface area contributed by atoms with Gasteiger partial charge >= 0.3 is 0 Å². The second kappa shape index (κ2) is 6.86. The largest absolute Gasteiger partial charge is 0.332 e. The summed E-state index contributed by atoms with van der Waals surface area (Å²) in [7, 11) is 0. The highest BCUT2D eigenvalue weighted by Crippen LogP contribution is 2.16. The zero-order chi connectivity index (χ0) is 13.7. The molecule has 2 N–H and O–H groups in total. The van der Waals surface area contributed by atoms with Crippen molar-refractivity contribution in [3.63, 3.8) is 0 Å². The Labute approximate surface area is 132 Å². The molecule has 0 saturated heterocycles. The normalized spacial score (nSPS) is 10.0. The fraction of sp³-hybridized carbons (Fsp3) is 0.133. The van der Waals surface area contributed by atoms with Crippen molar-refractivity contribution in [2.24, 2.45) is 0 Å². The summed E-state index contributed by atoms with van der Waals surface area (Å²) in [6.07, 6.45) is 0.981. The number of hydrogen-bond donors (Lipinski definition) is 2. The lowest BCUT2D eigenvalue weighted by molar-refractivity contribution is 1.14. The van der Waals surface area contributed by atoms with Crippen LogP contribution in [0.15, 0.2) is 48.5 Å². The first-order chi connectivity index (χ1) is 9.19. The Morgan fingerprint density at radius 1 is 1.05 bits per heavy atom. The van der Waals surface area contributed by atoms with Gasteiger partial charge in [-0.05, 0) is 77.1 Å². The SMILES string of the molecule is CCc1ccccc1NC(=S)Nc1ccc(I)cc1. The van der Waals surface area contributed by atoms with Crippen LogP contribution in [0.1, 0.15) is 12.5 Å². The zero-order valence-corrected chi connectivity index (χ0v) is 13.6. The van der Waals surface area contributed by atoms with Crippen LogP contribution in [0.25, 0.3) is 0 Å². The van der Waals surface area contributed by atoms with Crippen molar-refractivity contribution in [2.45, 2.75) is 13.3 Å².